The number of halogens is 1. The van der Waals surface area contributed by atoms with Crippen molar-refractivity contribution in [2.24, 2.45) is 10.1 Å². The molecule has 0 saturated carbocycles. The van der Waals surface area contributed by atoms with Crippen molar-refractivity contribution in [1.29, 1.82) is 5.26 Å². The Balaban J connectivity index is 2.28. The number of aliphatic imine (C=N–C) groups is 1. The third-order valence-electron chi connectivity index (χ3n) is 2.62. The fourth-order valence-electron chi connectivity index (χ4n) is 1.72. The van der Waals surface area contributed by atoms with Crippen molar-refractivity contribution < 1.29 is 0 Å². The molecule has 2 rings (SSSR count). The lowest BCUT2D eigenvalue weighted by molar-refractivity contribution is 0.485. The second kappa shape index (κ2) is 5.45. The van der Waals surface area contributed by atoms with E-state index in [1.165, 1.54) is 0 Å². The number of rotatable bonds is 2. The van der Waals surface area contributed by atoms with Crippen molar-refractivity contribution in [1.82, 2.24) is 4.59 Å². The lowest BCUT2D eigenvalue weighted by Gasteiger charge is -2.21. The topological polar surface area (TPSA) is 60.5 Å². The van der Waals surface area contributed by atoms with E-state index in [2.05, 4.69) is 28.0 Å². The summed E-state index contributed by atoms with van der Waals surface area (Å²) in [6, 6.07) is 5.44. The van der Waals surface area contributed by atoms with Crippen molar-refractivity contribution in [3.63, 3.8) is 0 Å². The highest BCUT2D eigenvalue weighted by Crippen LogP contribution is 2.34. The second-order valence-electron chi connectivity index (χ2n) is 3.96. The number of anilines is 1. The molecule has 0 bridgehead atoms. The summed E-state index contributed by atoms with van der Waals surface area (Å²) in [5.41, 5.74) is 1.56. The Hall–Kier alpha value is -1.81. The van der Waals surface area contributed by atoms with E-state index in [-0.39, 0.29) is 9.76 Å². The van der Waals surface area contributed by atoms with Crippen LogP contribution in [0.25, 0.3) is 0 Å². The molecular formula is C12H11ClN5S+. The predicted octanol–water partition coefficient (Wildman–Crippen LogP) is 2.97. The van der Waals surface area contributed by atoms with Crippen LogP contribution in [0.4, 0.5) is 11.4 Å². The van der Waals surface area contributed by atoms with Gasteiger partial charge in [-0.15, -0.1) is 22.2 Å². The molecule has 1 N–H and O–H groups in total. The number of nitrogens with zero attached hydrogens (tertiary/aromatic N) is 4. The summed E-state index contributed by atoms with van der Waals surface area (Å²) in [7, 11) is 1.93. The average molecular weight is 293 g/mol. The minimum absolute atomic E-state index is 0.214. The zero-order valence-corrected chi connectivity index (χ0v) is 11.7. The number of amidine groups is 1. The molecule has 1 aromatic carbocycles. The van der Waals surface area contributed by atoms with Crippen LogP contribution < -0.4 is 9.91 Å². The maximum atomic E-state index is 8.41. The van der Waals surface area contributed by atoms with E-state index in [4.69, 9.17) is 16.9 Å². The first-order valence-corrected chi connectivity index (χ1v) is 6.20. The molecule has 1 atom stereocenters. The molecule has 0 amide bonds. The van der Waals surface area contributed by atoms with Crippen molar-refractivity contribution in [3.8, 4) is 6.19 Å². The molecule has 0 saturated heterocycles. The number of nitriles is 1. The van der Waals surface area contributed by atoms with Crippen LogP contribution in [0.2, 0.25) is 5.02 Å². The summed E-state index contributed by atoms with van der Waals surface area (Å²) in [5, 5.41) is 16.4. The van der Waals surface area contributed by atoms with Gasteiger partial charge >= 0.3 is 0 Å². The van der Waals surface area contributed by atoms with E-state index in [0.717, 1.165) is 5.69 Å². The van der Waals surface area contributed by atoms with Gasteiger partial charge in [0.15, 0.2) is 10.9 Å². The second-order valence-corrected chi connectivity index (χ2v) is 4.79. The van der Waals surface area contributed by atoms with Gasteiger partial charge in [0, 0.05) is 17.8 Å². The lowest BCUT2D eigenvalue weighted by atomic mass is 10.2. The fraction of sp³-hybridized carbons (Fsp3) is 0.0833. The number of allylic oxidation sites excluding steroid dienone is 1. The number of hydrogen-bond acceptors (Lipinski definition) is 3. The SMILES string of the molecule is C[N+]1(c2ccc(NC(S)=NC#N)cc2Cl)C=CC=N1. The van der Waals surface area contributed by atoms with Gasteiger partial charge in [0.05, 0.1) is 6.21 Å². The molecule has 0 radical (unpaired) electrons. The first kappa shape index (κ1) is 13.6. The first-order valence-electron chi connectivity index (χ1n) is 5.38. The molecule has 0 fully saturated rings. The van der Waals surface area contributed by atoms with Gasteiger partial charge in [-0.05, 0) is 12.1 Å². The van der Waals surface area contributed by atoms with E-state index in [9.17, 15) is 0 Å². The van der Waals surface area contributed by atoms with Gasteiger partial charge in [0.25, 0.3) is 0 Å². The largest absolute Gasteiger partial charge is 0.334 e. The fourth-order valence-corrected chi connectivity index (χ4v) is 2.25. The van der Waals surface area contributed by atoms with Crippen molar-refractivity contribution in [3.05, 3.63) is 35.5 Å². The molecule has 7 heteroatoms. The third kappa shape index (κ3) is 2.96. The third-order valence-corrected chi connectivity index (χ3v) is 3.13. The minimum atomic E-state index is 0.214. The maximum absolute atomic E-state index is 8.41. The van der Waals surface area contributed by atoms with Gasteiger partial charge in [-0.3, -0.25) is 0 Å². The zero-order chi connectivity index (χ0) is 13.9. The van der Waals surface area contributed by atoms with Gasteiger partial charge in [-0.1, -0.05) is 16.7 Å². The molecule has 1 aromatic rings. The van der Waals surface area contributed by atoms with Crippen LogP contribution in [0.1, 0.15) is 0 Å². The Morgan fingerprint density at radius 3 is 2.95 bits per heavy atom. The van der Waals surface area contributed by atoms with E-state index < -0.39 is 0 Å². The number of quaternary nitrogens is 1. The van der Waals surface area contributed by atoms with E-state index in [0.29, 0.717) is 10.7 Å². The highest BCUT2D eigenvalue weighted by atomic mass is 35.5. The molecule has 1 unspecified atom stereocenters. The summed E-state index contributed by atoms with van der Waals surface area (Å²) in [5.74, 6) is 0. The molecule has 0 spiro atoms. The van der Waals surface area contributed by atoms with Gasteiger partial charge in [0.1, 0.15) is 18.3 Å². The lowest BCUT2D eigenvalue weighted by Crippen LogP contribution is -2.30. The van der Waals surface area contributed by atoms with Crippen molar-refractivity contribution >= 4 is 47.0 Å². The molecule has 0 aromatic heterocycles. The molecule has 19 heavy (non-hydrogen) atoms. The smallest absolute Gasteiger partial charge is 0.208 e. The molecule has 5 nitrogen and oxygen atoms in total. The molecule has 0 aliphatic carbocycles. The van der Waals surface area contributed by atoms with Gasteiger partial charge in [-0.25, -0.2) is 0 Å². The van der Waals surface area contributed by atoms with E-state index in [1.54, 1.807) is 18.5 Å². The Labute approximate surface area is 121 Å². The van der Waals surface area contributed by atoms with Crippen LogP contribution in [0.5, 0.6) is 0 Å². The maximum Gasteiger partial charge on any atom is 0.208 e. The molecule has 96 valence electrons. The summed E-state index contributed by atoms with van der Waals surface area (Å²) in [6.45, 7) is 0. The molecule has 1 aliphatic heterocycles. The normalized spacial score (nSPS) is 21.5. The quantitative estimate of drug-likeness (QED) is 0.289. The summed E-state index contributed by atoms with van der Waals surface area (Å²) < 4.78 is 0.277. The Kier molecular flexibility index (Phi) is 3.90. The van der Waals surface area contributed by atoms with Gasteiger partial charge < -0.3 is 5.32 Å². The van der Waals surface area contributed by atoms with Crippen LogP contribution >= 0.6 is 24.2 Å². The summed E-state index contributed by atoms with van der Waals surface area (Å²) >= 11 is 10.3. The Bertz CT molecular complexity index is 617. The van der Waals surface area contributed by atoms with E-state index >= 15 is 0 Å². The van der Waals surface area contributed by atoms with Crippen LogP contribution in [-0.2, 0) is 0 Å². The number of hydrogen-bond donors (Lipinski definition) is 2. The van der Waals surface area contributed by atoms with Crippen LogP contribution in [-0.4, -0.2) is 18.4 Å². The van der Waals surface area contributed by atoms with Crippen molar-refractivity contribution in [2.45, 2.75) is 0 Å². The standard InChI is InChI=1S/C12H10ClN5S/c1-18(6-2-5-16-18)11-4-3-9(7-10(11)13)17-12(19)15-8-14/h2-7H,1H3,(H-,15,17,19)/p+1. The molecular weight excluding hydrogens is 282 g/mol. The number of nitrogens with one attached hydrogen (secondary N) is 1. The monoisotopic (exact) mass is 292 g/mol. The average Bonchev–Trinajstić information content (AvgIpc) is 2.77. The summed E-state index contributed by atoms with van der Waals surface area (Å²) in [6.07, 6.45) is 7.17. The molecule has 1 aliphatic rings. The predicted molar refractivity (Wildman–Crippen MR) is 82.5 cm³/mol. The highest BCUT2D eigenvalue weighted by molar-refractivity contribution is 7.97. The first-order chi connectivity index (χ1) is 9.05. The number of benzene rings is 1. The van der Waals surface area contributed by atoms with Crippen LogP contribution in [0, 0.1) is 11.5 Å². The van der Waals surface area contributed by atoms with Crippen molar-refractivity contribution in [2.75, 3.05) is 12.4 Å². The Morgan fingerprint density at radius 2 is 2.37 bits per heavy atom. The summed E-state index contributed by atoms with van der Waals surface area (Å²) in [4.78, 5) is 3.46. The molecule has 1 heterocycles. The number of thiol groups is 1. The highest BCUT2D eigenvalue weighted by Gasteiger charge is 2.27. The van der Waals surface area contributed by atoms with Gasteiger partial charge in [-0.2, -0.15) is 5.26 Å². The Morgan fingerprint density at radius 1 is 1.58 bits per heavy atom. The van der Waals surface area contributed by atoms with Gasteiger partial charge in [0.2, 0.25) is 6.19 Å². The van der Waals surface area contributed by atoms with E-state index in [1.807, 2.05) is 31.5 Å². The zero-order valence-electron chi connectivity index (χ0n) is 10.1. The minimum Gasteiger partial charge on any atom is -0.334 e. The van der Waals surface area contributed by atoms with Crippen LogP contribution in [0.3, 0.4) is 0 Å². The van der Waals surface area contributed by atoms with Crippen LogP contribution in [0.15, 0.2) is 40.6 Å².